The molecule has 1 aromatic carbocycles. The van der Waals surface area contributed by atoms with Crippen LogP contribution in [0.4, 0.5) is 0 Å². The molecule has 7 heteroatoms. The summed E-state index contributed by atoms with van der Waals surface area (Å²) in [4.78, 5) is 28.6. The van der Waals surface area contributed by atoms with Crippen LogP contribution in [0.15, 0.2) is 42.7 Å². The number of ether oxygens (including phenoxy) is 1. The van der Waals surface area contributed by atoms with E-state index in [9.17, 15) is 9.59 Å². The van der Waals surface area contributed by atoms with Gasteiger partial charge in [0, 0.05) is 24.3 Å². The van der Waals surface area contributed by atoms with Crippen LogP contribution in [0.5, 0.6) is 0 Å². The maximum absolute atomic E-state index is 12.3. The fourth-order valence-corrected chi connectivity index (χ4v) is 3.66. The van der Waals surface area contributed by atoms with Gasteiger partial charge in [-0.15, -0.1) is 11.3 Å². The van der Waals surface area contributed by atoms with Gasteiger partial charge in [0.05, 0.1) is 33.8 Å². The molecule has 0 aliphatic carbocycles. The lowest BCUT2D eigenvalue weighted by molar-refractivity contribution is 0.0600. The number of pyridine rings is 1. The Balaban J connectivity index is 1.62. The van der Waals surface area contributed by atoms with Crippen molar-refractivity contribution in [3.8, 4) is 0 Å². The fourth-order valence-electron chi connectivity index (χ4n) is 2.40. The van der Waals surface area contributed by atoms with Gasteiger partial charge in [-0.05, 0) is 23.8 Å². The predicted molar refractivity (Wildman–Crippen MR) is 98.4 cm³/mol. The molecule has 0 radical (unpaired) electrons. The van der Waals surface area contributed by atoms with E-state index in [0.29, 0.717) is 22.0 Å². The number of halogens is 1. The monoisotopic (exact) mass is 374 g/mol. The standard InChI is InChI=1S/C18H15ClN2O3S/c1-24-18(23)12-4-2-3-11(5-12)7-20-9-15(22)16-6-13-14(19)8-21-10-17(13)25-16/h2-6,8,10,20H,7,9H2,1H3. The van der Waals surface area contributed by atoms with Crippen molar-refractivity contribution in [1.29, 1.82) is 0 Å². The molecule has 3 aromatic rings. The molecule has 1 N–H and O–H groups in total. The second-order valence-electron chi connectivity index (χ2n) is 5.36. The Morgan fingerprint density at radius 3 is 2.88 bits per heavy atom. The molecule has 0 fully saturated rings. The molecule has 0 saturated heterocycles. The van der Waals surface area contributed by atoms with Crippen LogP contribution in [0.1, 0.15) is 25.6 Å². The molecule has 0 unspecified atom stereocenters. The molecule has 2 aromatic heterocycles. The molecule has 0 saturated carbocycles. The second kappa shape index (κ2) is 7.74. The van der Waals surface area contributed by atoms with E-state index in [0.717, 1.165) is 15.6 Å². The Hall–Kier alpha value is -2.28. The zero-order valence-electron chi connectivity index (χ0n) is 13.4. The number of nitrogens with zero attached hydrogens (tertiary/aromatic N) is 1. The highest BCUT2D eigenvalue weighted by atomic mass is 35.5. The molecular formula is C18H15ClN2O3S. The van der Waals surface area contributed by atoms with Gasteiger partial charge in [-0.25, -0.2) is 4.79 Å². The summed E-state index contributed by atoms with van der Waals surface area (Å²) in [6.07, 6.45) is 3.27. The smallest absolute Gasteiger partial charge is 0.337 e. The van der Waals surface area contributed by atoms with E-state index in [-0.39, 0.29) is 18.3 Å². The van der Waals surface area contributed by atoms with Crippen molar-refractivity contribution in [2.45, 2.75) is 6.54 Å². The highest BCUT2D eigenvalue weighted by Gasteiger charge is 2.12. The second-order valence-corrected chi connectivity index (χ2v) is 6.85. The van der Waals surface area contributed by atoms with Crippen molar-refractivity contribution in [2.75, 3.05) is 13.7 Å². The number of rotatable bonds is 6. The van der Waals surface area contributed by atoms with Crippen LogP contribution in [-0.4, -0.2) is 30.4 Å². The number of hydrogen-bond acceptors (Lipinski definition) is 6. The maximum atomic E-state index is 12.3. The fraction of sp³-hybridized carbons (Fsp3) is 0.167. The Kier molecular flexibility index (Phi) is 5.43. The number of methoxy groups -OCH3 is 1. The third-order valence-corrected chi connectivity index (χ3v) is 5.05. The Labute approximate surface area is 153 Å². The van der Waals surface area contributed by atoms with Crippen LogP contribution < -0.4 is 5.32 Å². The molecule has 0 bridgehead atoms. The quantitative estimate of drug-likeness (QED) is 0.526. The van der Waals surface area contributed by atoms with Crippen molar-refractivity contribution in [3.05, 3.63) is 63.8 Å². The van der Waals surface area contributed by atoms with Crippen LogP contribution in [0.2, 0.25) is 5.02 Å². The van der Waals surface area contributed by atoms with Gasteiger partial charge in [0.15, 0.2) is 5.78 Å². The lowest BCUT2D eigenvalue weighted by Gasteiger charge is -2.05. The topological polar surface area (TPSA) is 68.3 Å². The van der Waals surface area contributed by atoms with Gasteiger partial charge in [-0.1, -0.05) is 23.7 Å². The predicted octanol–water partition coefficient (Wildman–Crippen LogP) is 3.71. The van der Waals surface area contributed by atoms with Crippen LogP contribution in [0.25, 0.3) is 10.1 Å². The van der Waals surface area contributed by atoms with Crippen molar-refractivity contribution in [3.63, 3.8) is 0 Å². The van der Waals surface area contributed by atoms with E-state index < -0.39 is 0 Å². The summed E-state index contributed by atoms with van der Waals surface area (Å²) < 4.78 is 5.59. The molecule has 2 heterocycles. The van der Waals surface area contributed by atoms with Gasteiger partial charge in [-0.3, -0.25) is 9.78 Å². The lowest BCUT2D eigenvalue weighted by atomic mass is 10.1. The third kappa shape index (κ3) is 4.04. The largest absolute Gasteiger partial charge is 0.465 e. The van der Waals surface area contributed by atoms with E-state index in [1.165, 1.54) is 18.4 Å². The number of aromatic nitrogens is 1. The first-order valence-electron chi connectivity index (χ1n) is 7.52. The number of Topliss-reactive ketones (excluding diaryl/α,β-unsaturated/α-hetero) is 1. The van der Waals surface area contributed by atoms with Gasteiger partial charge >= 0.3 is 5.97 Å². The summed E-state index contributed by atoms with van der Waals surface area (Å²) in [7, 11) is 1.35. The number of esters is 1. The zero-order valence-corrected chi connectivity index (χ0v) is 15.0. The average molecular weight is 375 g/mol. The molecule has 3 rings (SSSR count). The minimum absolute atomic E-state index is 0.0126. The highest BCUT2D eigenvalue weighted by Crippen LogP contribution is 2.30. The van der Waals surface area contributed by atoms with Crippen LogP contribution >= 0.6 is 22.9 Å². The summed E-state index contributed by atoms with van der Waals surface area (Å²) in [5.74, 6) is -0.393. The molecule has 0 atom stereocenters. The van der Waals surface area contributed by atoms with E-state index >= 15 is 0 Å². The summed E-state index contributed by atoms with van der Waals surface area (Å²) in [6, 6.07) is 8.90. The van der Waals surface area contributed by atoms with Gasteiger partial charge in [0.25, 0.3) is 0 Å². The van der Waals surface area contributed by atoms with E-state index in [2.05, 4.69) is 10.3 Å². The minimum Gasteiger partial charge on any atom is -0.465 e. The molecule has 0 spiro atoms. The Morgan fingerprint density at radius 2 is 2.12 bits per heavy atom. The number of hydrogen-bond donors (Lipinski definition) is 1. The number of carbonyl (C=O) groups is 2. The van der Waals surface area contributed by atoms with Gasteiger partial charge in [0.1, 0.15) is 0 Å². The zero-order chi connectivity index (χ0) is 17.8. The van der Waals surface area contributed by atoms with Crippen molar-refractivity contribution in [1.82, 2.24) is 10.3 Å². The first-order valence-corrected chi connectivity index (χ1v) is 8.72. The molecule has 5 nitrogen and oxygen atoms in total. The van der Waals surface area contributed by atoms with E-state index in [1.807, 2.05) is 6.07 Å². The summed E-state index contributed by atoms with van der Waals surface area (Å²) in [6.45, 7) is 0.671. The summed E-state index contributed by atoms with van der Waals surface area (Å²) in [5, 5.41) is 4.48. The summed E-state index contributed by atoms with van der Waals surface area (Å²) in [5.41, 5.74) is 1.39. The molecular weight excluding hydrogens is 360 g/mol. The van der Waals surface area contributed by atoms with Gasteiger partial charge in [-0.2, -0.15) is 0 Å². The Morgan fingerprint density at radius 1 is 1.28 bits per heavy atom. The van der Waals surface area contributed by atoms with Crippen molar-refractivity contribution in [2.24, 2.45) is 0 Å². The molecule has 0 aliphatic rings. The average Bonchev–Trinajstić information content (AvgIpc) is 3.07. The number of carbonyl (C=O) groups excluding carboxylic acids is 2. The lowest BCUT2D eigenvalue weighted by Crippen LogP contribution is -2.22. The number of thiophene rings is 1. The molecule has 0 aliphatic heterocycles. The van der Waals surface area contributed by atoms with Crippen LogP contribution in [-0.2, 0) is 11.3 Å². The van der Waals surface area contributed by atoms with E-state index in [1.54, 1.807) is 36.7 Å². The van der Waals surface area contributed by atoms with Crippen LogP contribution in [0, 0.1) is 0 Å². The number of ketones is 1. The highest BCUT2D eigenvalue weighted by molar-refractivity contribution is 7.20. The number of fused-ring (bicyclic) bond motifs is 1. The summed E-state index contributed by atoms with van der Waals surface area (Å²) >= 11 is 7.47. The van der Waals surface area contributed by atoms with Gasteiger partial charge < -0.3 is 10.1 Å². The maximum Gasteiger partial charge on any atom is 0.337 e. The van der Waals surface area contributed by atoms with Crippen molar-refractivity contribution >= 4 is 44.8 Å². The Bertz CT molecular complexity index is 939. The normalized spacial score (nSPS) is 10.8. The van der Waals surface area contributed by atoms with E-state index in [4.69, 9.17) is 16.3 Å². The number of nitrogens with one attached hydrogen (secondary N) is 1. The minimum atomic E-state index is -0.381. The molecule has 128 valence electrons. The number of benzene rings is 1. The van der Waals surface area contributed by atoms with Gasteiger partial charge in [0.2, 0.25) is 0 Å². The van der Waals surface area contributed by atoms with Crippen molar-refractivity contribution < 1.29 is 14.3 Å². The third-order valence-electron chi connectivity index (χ3n) is 3.64. The molecule has 25 heavy (non-hydrogen) atoms. The molecule has 0 amide bonds. The first-order chi connectivity index (χ1) is 12.1. The first kappa shape index (κ1) is 17.5. The SMILES string of the molecule is COC(=O)c1cccc(CNCC(=O)c2cc3c(Cl)cncc3s2)c1. The van der Waals surface area contributed by atoms with Crippen LogP contribution in [0.3, 0.4) is 0 Å².